The monoisotopic (exact) mass is 1440 g/mol. The average Bonchev–Trinajstić information content (AvgIpc) is 2.88. The summed E-state index contributed by atoms with van der Waals surface area (Å²) in [6.45, 7) is 0. The van der Waals surface area contributed by atoms with Crippen molar-refractivity contribution >= 4 is 207 Å². The molecule has 4 aromatic carbocycles. The van der Waals surface area contributed by atoms with Gasteiger partial charge in [-0.1, -0.05) is 63.7 Å². The van der Waals surface area contributed by atoms with Gasteiger partial charge in [0.1, 0.15) is 0 Å². The number of benzene rings is 4. The molecule has 0 saturated heterocycles. The zero-order chi connectivity index (χ0) is 34.7. The van der Waals surface area contributed by atoms with Gasteiger partial charge < -0.3 is 18.1 Å². The Balaban J connectivity index is 0.000000250. The Morgan fingerprint density at radius 1 is 0.348 bits per heavy atom. The SMILES string of the molecule is O=P(O)(Oc1c(Br)cc(Br)cc1Br)Oc1c(Br)cc(Br)cc1Br.O=P(O)(Oc1c(Br)cc(Br)cc1Br)Oc1c(Br)cc(Br)cc1Br. The molecule has 0 amide bonds. The molecule has 0 spiro atoms. The molecule has 4 aromatic rings. The predicted molar refractivity (Wildman–Crippen MR) is 220 cm³/mol. The molecule has 248 valence electrons. The lowest BCUT2D eigenvalue weighted by atomic mass is 10.3. The minimum atomic E-state index is -4.42. The van der Waals surface area contributed by atoms with E-state index >= 15 is 0 Å². The summed E-state index contributed by atoms with van der Waals surface area (Å²) in [6, 6.07) is 13.5. The van der Waals surface area contributed by atoms with Crippen LogP contribution >= 0.6 is 207 Å². The van der Waals surface area contributed by atoms with Crippen LogP contribution in [0.2, 0.25) is 0 Å². The van der Waals surface area contributed by atoms with E-state index in [9.17, 15) is 18.9 Å². The van der Waals surface area contributed by atoms with Crippen LogP contribution in [0, 0.1) is 0 Å². The van der Waals surface area contributed by atoms with Gasteiger partial charge in [-0.3, -0.25) is 9.79 Å². The topological polar surface area (TPSA) is 112 Å². The molecule has 4 rings (SSSR count). The standard InChI is InChI=1S/2C12H5Br6O4P/c2*13-5-1-7(15)11(8(16)2-5)21-23(19,20)22-12-9(17)3-6(14)4-10(12)18/h2*1-4H,(H,19,20). The van der Waals surface area contributed by atoms with E-state index in [4.69, 9.17) is 18.1 Å². The first-order chi connectivity index (χ1) is 21.2. The van der Waals surface area contributed by atoms with Gasteiger partial charge in [-0.15, -0.1) is 0 Å². The lowest BCUT2D eigenvalue weighted by molar-refractivity contribution is 0.286. The maximum absolute atomic E-state index is 12.3. The third-order valence-electron chi connectivity index (χ3n) is 4.68. The molecule has 0 heterocycles. The summed E-state index contributed by atoms with van der Waals surface area (Å²) in [6.07, 6.45) is 0. The molecule has 0 saturated carbocycles. The summed E-state index contributed by atoms with van der Waals surface area (Å²) in [7, 11) is -8.85. The van der Waals surface area contributed by atoms with Crippen LogP contribution < -0.4 is 18.1 Å². The number of phosphoric acid groups is 2. The van der Waals surface area contributed by atoms with E-state index in [2.05, 4.69) is 191 Å². The minimum Gasteiger partial charge on any atom is -0.393 e. The molecule has 8 nitrogen and oxygen atoms in total. The van der Waals surface area contributed by atoms with Gasteiger partial charge in [-0.25, -0.2) is 9.13 Å². The highest BCUT2D eigenvalue weighted by Gasteiger charge is 2.31. The minimum absolute atomic E-state index is 0.156. The van der Waals surface area contributed by atoms with Crippen LogP contribution in [0.5, 0.6) is 23.0 Å². The van der Waals surface area contributed by atoms with Gasteiger partial charge in [0.25, 0.3) is 0 Å². The molecule has 0 aliphatic rings. The summed E-state index contributed by atoms with van der Waals surface area (Å²) in [4.78, 5) is 20.1. The number of rotatable bonds is 8. The molecule has 0 radical (unpaired) electrons. The van der Waals surface area contributed by atoms with Crippen molar-refractivity contribution in [1.82, 2.24) is 0 Å². The van der Waals surface area contributed by atoms with Crippen molar-refractivity contribution in [3.8, 4) is 23.0 Å². The van der Waals surface area contributed by atoms with Gasteiger partial charge in [-0.2, -0.15) is 0 Å². The van der Waals surface area contributed by atoms with E-state index in [1.54, 1.807) is 48.5 Å². The molecule has 46 heavy (non-hydrogen) atoms. The zero-order valence-electron chi connectivity index (χ0n) is 21.4. The van der Waals surface area contributed by atoms with Crippen LogP contribution in [0.3, 0.4) is 0 Å². The number of hydrogen-bond acceptors (Lipinski definition) is 6. The van der Waals surface area contributed by atoms with Crippen molar-refractivity contribution in [2.45, 2.75) is 0 Å². The van der Waals surface area contributed by atoms with Crippen molar-refractivity contribution in [3.63, 3.8) is 0 Å². The van der Waals surface area contributed by atoms with Crippen LogP contribution in [-0.4, -0.2) is 9.79 Å². The average molecular weight is 1450 g/mol. The second-order valence-corrected chi connectivity index (χ2v) is 21.2. The molecular formula is C24H10Br12O8P2. The molecule has 22 heteroatoms. The third kappa shape index (κ3) is 12.7. The normalized spacial score (nSPS) is 11.4. The molecule has 0 aliphatic heterocycles. The van der Waals surface area contributed by atoms with Crippen LogP contribution in [0.1, 0.15) is 0 Å². The second kappa shape index (κ2) is 18.3. The van der Waals surface area contributed by atoms with Crippen LogP contribution in [-0.2, 0) is 9.13 Å². The fourth-order valence-electron chi connectivity index (χ4n) is 2.96. The Labute approximate surface area is 363 Å². The van der Waals surface area contributed by atoms with Crippen molar-refractivity contribution < 1.29 is 37.0 Å². The fourth-order valence-corrected chi connectivity index (χ4v) is 15.4. The maximum Gasteiger partial charge on any atom is 0.585 e. The van der Waals surface area contributed by atoms with Crippen molar-refractivity contribution in [1.29, 1.82) is 0 Å². The lowest BCUT2D eigenvalue weighted by Gasteiger charge is -2.17. The quantitative estimate of drug-likeness (QED) is 0.168. The molecule has 0 atom stereocenters. The van der Waals surface area contributed by atoms with E-state index < -0.39 is 15.6 Å². The molecule has 0 bridgehead atoms. The largest absolute Gasteiger partial charge is 0.585 e. The molecule has 0 fully saturated rings. The molecular weight excluding hydrogens is 1440 g/mol. The highest BCUT2D eigenvalue weighted by atomic mass is 79.9. The Hall–Kier alpha value is 2.22. The van der Waals surface area contributed by atoms with Gasteiger partial charge in [-0.05, 0) is 176 Å². The van der Waals surface area contributed by atoms with E-state index in [1.165, 1.54) is 0 Å². The first kappa shape index (κ1) is 42.6. The maximum atomic E-state index is 12.3. The molecule has 0 unspecified atom stereocenters. The Morgan fingerprint density at radius 3 is 0.609 bits per heavy atom. The summed E-state index contributed by atoms with van der Waals surface area (Å²) in [5, 5.41) is 0. The Morgan fingerprint density at radius 2 is 0.478 bits per heavy atom. The highest BCUT2D eigenvalue weighted by molar-refractivity contribution is 9.13. The predicted octanol–water partition coefficient (Wildman–Crippen LogP) is 15.6. The van der Waals surface area contributed by atoms with Crippen LogP contribution in [0.4, 0.5) is 0 Å². The summed E-state index contributed by atoms with van der Waals surface area (Å²) in [5.41, 5.74) is 0. The van der Waals surface area contributed by atoms with E-state index in [0.29, 0.717) is 35.8 Å². The smallest absolute Gasteiger partial charge is 0.393 e. The molecule has 2 N–H and O–H groups in total. The van der Waals surface area contributed by atoms with Crippen molar-refractivity contribution in [3.05, 3.63) is 102 Å². The second-order valence-electron chi connectivity index (χ2n) is 8.10. The van der Waals surface area contributed by atoms with E-state index in [0.717, 1.165) is 17.9 Å². The highest BCUT2D eigenvalue weighted by Crippen LogP contribution is 2.53. The van der Waals surface area contributed by atoms with Crippen LogP contribution in [0.15, 0.2) is 102 Å². The van der Waals surface area contributed by atoms with Gasteiger partial charge in [0.05, 0.1) is 35.8 Å². The first-order valence-corrected chi connectivity index (χ1v) is 23.7. The van der Waals surface area contributed by atoms with Crippen molar-refractivity contribution in [2.24, 2.45) is 0 Å². The summed E-state index contributed by atoms with van der Waals surface area (Å²) < 4.78 is 52.4. The third-order valence-corrected chi connectivity index (χ3v) is 12.9. The fraction of sp³-hybridized carbons (Fsp3) is 0. The lowest BCUT2D eigenvalue weighted by Crippen LogP contribution is -2.02. The van der Waals surface area contributed by atoms with Crippen molar-refractivity contribution in [2.75, 3.05) is 0 Å². The van der Waals surface area contributed by atoms with Gasteiger partial charge in [0.15, 0.2) is 23.0 Å². The van der Waals surface area contributed by atoms with Gasteiger partial charge in [0.2, 0.25) is 0 Å². The molecule has 0 aliphatic carbocycles. The number of phosphoric ester groups is 2. The Kier molecular flexibility index (Phi) is 17.0. The van der Waals surface area contributed by atoms with E-state index in [-0.39, 0.29) is 23.0 Å². The number of halogens is 12. The van der Waals surface area contributed by atoms with Gasteiger partial charge in [0, 0.05) is 17.9 Å². The zero-order valence-corrected chi connectivity index (χ0v) is 42.2. The molecule has 0 aromatic heterocycles. The Bertz CT molecular complexity index is 1540. The summed E-state index contributed by atoms with van der Waals surface area (Å²) >= 11 is 39.5. The summed E-state index contributed by atoms with van der Waals surface area (Å²) in [5.74, 6) is 0.624. The van der Waals surface area contributed by atoms with Crippen LogP contribution in [0.25, 0.3) is 0 Å². The first-order valence-electron chi connectivity index (χ1n) is 11.2. The number of hydrogen-bond donors (Lipinski definition) is 2. The van der Waals surface area contributed by atoms with Gasteiger partial charge >= 0.3 is 15.6 Å². The van der Waals surface area contributed by atoms with E-state index in [1.807, 2.05) is 0 Å².